The largest absolute Gasteiger partial charge is 0.494 e. The number of aromatic nitrogens is 5. The van der Waals surface area contributed by atoms with E-state index in [2.05, 4.69) is 19.9 Å². The van der Waals surface area contributed by atoms with Crippen molar-refractivity contribution in [1.29, 1.82) is 0 Å². The van der Waals surface area contributed by atoms with E-state index in [-0.39, 0.29) is 17.1 Å². The van der Waals surface area contributed by atoms with Crippen LogP contribution in [0, 0.1) is 5.95 Å². The van der Waals surface area contributed by atoms with Crippen molar-refractivity contribution in [1.82, 2.24) is 24.5 Å². The third-order valence-corrected chi connectivity index (χ3v) is 5.17. The van der Waals surface area contributed by atoms with Crippen LogP contribution in [-0.2, 0) is 10.0 Å². The van der Waals surface area contributed by atoms with E-state index < -0.39 is 21.8 Å². The van der Waals surface area contributed by atoms with Gasteiger partial charge in [-0.1, -0.05) is 12.1 Å². The number of hydrogen-bond acceptors (Lipinski definition) is 9. The number of hydrogen-bond donors (Lipinski definition) is 1. The Bertz CT molecular complexity index is 1450. The number of ether oxygens (including phenoxy) is 3. The molecule has 0 saturated heterocycles. The van der Waals surface area contributed by atoms with E-state index in [4.69, 9.17) is 14.2 Å². The van der Waals surface area contributed by atoms with Gasteiger partial charge in [-0.05, 0) is 25.1 Å². The van der Waals surface area contributed by atoms with Crippen LogP contribution in [0.3, 0.4) is 0 Å². The lowest BCUT2D eigenvalue weighted by atomic mass is 10.2. The lowest BCUT2D eigenvalue weighted by Crippen LogP contribution is -2.14. The standard InChI is InChI=1S/C21H21FN6O5S/c1-5-33-15-11-6-8-12(23-15)20-26-19-21(25-18(17(22)24-19)27-34(4,29)30)28(20)16-13(31-2)9-7-10-14(16)32-3/h6-11H,5H2,1-4H3,(H,25,27). The smallest absolute Gasteiger partial charge is 0.258 e. The van der Waals surface area contributed by atoms with Crippen LogP contribution in [0.25, 0.3) is 28.5 Å². The molecule has 0 aliphatic heterocycles. The summed E-state index contributed by atoms with van der Waals surface area (Å²) in [6.07, 6.45) is 0.882. The molecule has 4 aromatic rings. The first kappa shape index (κ1) is 23.2. The predicted octanol–water partition coefficient (Wildman–Crippen LogP) is 2.80. The van der Waals surface area contributed by atoms with Crippen molar-refractivity contribution in [3.8, 4) is 34.6 Å². The maximum Gasteiger partial charge on any atom is 0.258 e. The Morgan fingerprint density at radius 2 is 1.68 bits per heavy atom. The number of rotatable bonds is 8. The lowest BCUT2D eigenvalue weighted by molar-refractivity contribution is 0.327. The molecule has 13 heteroatoms. The highest BCUT2D eigenvalue weighted by atomic mass is 32.2. The molecule has 0 fully saturated rings. The van der Waals surface area contributed by atoms with Gasteiger partial charge < -0.3 is 14.2 Å². The zero-order valence-corrected chi connectivity index (χ0v) is 19.6. The molecule has 1 N–H and O–H groups in total. The number of fused-ring (bicyclic) bond motifs is 1. The van der Waals surface area contributed by atoms with Crippen molar-refractivity contribution in [2.75, 3.05) is 31.8 Å². The van der Waals surface area contributed by atoms with Crippen molar-refractivity contribution in [2.45, 2.75) is 6.92 Å². The van der Waals surface area contributed by atoms with E-state index >= 15 is 0 Å². The molecule has 1 aromatic carbocycles. The summed E-state index contributed by atoms with van der Waals surface area (Å²) in [7, 11) is -0.871. The first-order chi connectivity index (χ1) is 16.3. The van der Waals surface area contributed by atoms with Crippen molar-refractivity contribution < 1.29 is 27.0 Å². The fourth-order valence-corrected chi connectivity index (χ4v) is 3.80. The molecular weight excluding hydrogens is 467 g/mol. The maximum atomic E-state index is 14.6. The number of pyridine rings is 1. The highest BCUT2D eigenvalue weighted by Gasteiger charge is 2.25. The number of sulfonamides is 1. The predicted molar refractivity (Wildman–Crippen MR) is 123 cm³/mol. The molecule has 0 atom stereocenters. The minimum atomic E-state index is -3.83. The molecule has 178 valence electrons. The molecule has 11 nitrogen and oxygen atoms in total. The van der Waals surface area contributed by atoms with Gasteiger partial charge in [-0.2, -0.15) is 9.37 Å². The van der Waals surface area contributed by atoms with E-state index in [0.29, 0.717) is 35.4 Å². The van der Waals surface area contributed by atoms with Crippen molar-refractivity contribution in [2.24, 2.45) is 0 Å². The third-order valence-electron chi connectivity index (χ3n) is 4.60. The summed E-state index contributed by atoms with van der Waals surface area (Å²) in [5, 5.41) is 0. The van der Waals surface area contributed by atoms with Crippen LogP contribution in [0.15, 0.2) is 36.4 Å². The number of halogens is 1. The van der Waals surface area contributed by atoms with Crippen LogP contribution in [-0.4, -0.2) is 60.0 Å². The zero-order chi connectivity index (χ0) is 24.5. The van der Waals surface area contributed by atoms with E-state index in [1.165, 1.54) is 18.8 Å². The van der Waals surface area contributed by atoms with Gasteiger partial charge >= 0.3 is 0 Å². The average molecular weight is 489 g/mol. The Morgan fingerprint density at radius 3 is 2.29 bits per heavy atom. The summed E-state index contributed by atoms with van der Waals surface area (Å²) >= 11 is 0. The fraction of sp³-hybridized carbons (Fsp3) is 0.238. The average Bonchev–Trinajstić information content (AvgIpc) is 3.15. The molecule has 0 aliphatic rings. The highest BCUT2D eigenvalue weighted by Crippen LogP contribution is 2.38. The SMILES string of the molecule is CCOc1cccc(-c2nc3nc(F)c(NS(C)(=O)=O)nc3n2-c2c(OC)cccc2OC)n1. The number of imidazole rings is 1. The van der Waals surface area contributed by atoms with Crippen LogP contribution in [0.2, 0.25) is 0 Å². The summed E-state index contributed by atoms with van der Waals surface area (Å²) in [5.41, 5.74) is 0.730. The van der Waals surface area contributed by atoms with Crippen LogP contribution < -0.4 is 18.9 Å². The molecule has 3 aromatic heterocycles. The monoisotopic (exact) mass is 488 g/mol. The number of nitrogens with zero attached hydrogens (tertiary/aromatic N) is 5. The van der Waals surface area contributed by atoms with Crippen molar-refractivity contribution in [3.05, 3.63) is 42.3 Å². The molecule has 0 spiro atoms. The third kappa shape index (κ3) is 4.41. The van der Waals surface area contributed by atoms with Gasteiger partial charge in [-0.25, -0.2) is 23.4 Å². The quantitative estimate of drug-likeness (QED) is 0.398. The molecule has 0 unspecified atom stereocenters. The first-order valence-electron chi connectivity index (χ1n) is 10.0. The number of benzene rings is 1. The Balaban J connectivity index is 2.10. The minimum absolute atomic E-state index is 0.0500. The van der Waals surface area contributed by atoms with Crippen molar-refractivity contribution in [3.63, 3.8) is 0 Å². The Hall–Kier alpha value is -4.00. The van der Waals surface area contributed by atoms with Crippen LogP contribution in [0.4, 0.5) is 10.2 Å². The van der Waals surface area contributed by atoms with Gasteiger partial charge in [0.2, 0.25) is 21.6 Å². The Labute approximate surface area is 194 Å². The number of nitrogens with one attached hydrogen (secondary N) is 1. The molecular formula is C21H21FN6O5S. The Morgan fingerprint density at radius 1 is 1.00 bits per heavy atom. The zero-order valence-electron chi connectivity index (χ0n) is 18.7. The molecule has 0 aliphatic carbocycles. The number of para-hydroxylation sites is 1. The normalized spacial score (nSPS) is 11.4. The van der Waals surface area contributed by atoms with Gasteiger partial charge in [-0.15, -0.1) is 0 Å². The molecule has 34 heavy (non-hydrogen) atoms. The summed E-state index contributed by atoms with van der Waals surface area (Å²) < 4.78 is 58.2. The second-order valence-electron chi connectivity index (χ2n) is 6.96. The van der Waals surface area contributed by atoms with Gasteiger partial charge in [0.1, 0.15) is 22.9 Å². The van der Waals surface area contributed by atoms with E-state index in [9.17, 15) is 12.8 Å². The Kier molecular flexibility index (Phi) is 6.20. The summed E-state index contributed by atoms with van der Waals surface area (Å²) in [4.78, 5) is 17.0. The summed E-state index contributed by atoms with van der Waals surface area (Å²) in [6, 6.07) is 10.2. The summed E-state index contributed by atoms with van der Waals surface area (Å²) in [5.74, 6) is -0.327. The van der Waals surface area contributed by atoms with E-state index in [1.807, 2.05) is 11.6 Å². The maximum absolute atomic E-state index is 14.6. The highest BCUT2D eigenvalue weighted by molar-refractivity contribution is 7.92. The van der Waals surface area contributed by atoms with E-state index in [1.54, 1.807) is 36.4 Å². The van der Waals surface area contributed by atoms with Crippen LogP contribution in [0.5, 0.6) is 17.4 Å². The molecule has 3 heterocycles. The van der Waals surface area contributed by atoms with Gasteiger partial charge in [0.05, 0.1) is 27.1 Å². The topological polar surface area (TPSA) is 130 Å². The second-order valence-corrected chi connectivity index (χ2v) is 8.71. The van der Waals surface area contributed by atoms with Gasteiger partial charge in [0.15, 0.2) is 17.3 Å². The van der Waals surface area contributed by atoms with Gasteiger partial charge in [0.25, 0.3) is 5.95 Å². The van der Waals surface area contributed by atoms with Gasteiger partial charge in [-0.3, -0.25) is 9.29 Å². The fourth-order valence-electron chi connectivity index (χ4n) is 3.32. The van der Waals surface area contributed by atoms with Crippen LogP contribution in [0.1, 0.15) is 6.92 Å². The second kappa shape index (κ2) is 9.09. The van der Waals surface area contributed by atoms with E-state index in [0.717, 1.165) is 6.26 Å². The molecule has 0 radical (unpaired) electrons. The van der Waals surface area contributed by atoms with Crippen LogP contribution >= 0.6 is 0 Å². The molecule has 0 saturated carbocycles. The number of anilines is 1. The van der Waals surface area contributed by atoms with Crippen molar-refractivity contribution >= 4 is 27.1 Å². The first-order valence-corrected chi connectivity index (χ1v) is 11.9. The summed E-state index contributed by atoms with van der Waals surface area (Å²) in [6.45, 7) is 2.23. The molecule has 0 bridgehead atoms. The molecule has 0 amide bonds. The number of methoxy groups -OCH3 is 2. The molecule has 4 rings (SSSR count). The van der Waals surface area contributed by atoms with Gasteiger partial charge in [0, 0.05) is 6.07 Å². The minimum Gasteiger partial charge on any atom is -0.494 e. The lowest BCUT2D eigenvalue weighted by Gasteiger charge is -2.16.